The van der Waals surface area contributed by atoms with Crippen LogP contribution in [-0.4, -0.2) is 85.1 Å². The molecule has 0 bridgehead atoms. The average Bonchev–Trinajstić information content (AvgIpc) is 2.92. The molecule has 2 aliphatic heterocycles. The number of carbonyl (C=O) groups excluding carboxylic acids is 1. The molecule has 0 saturated carbocycles. The highest BCUT2D eigenvalue weighted by Gasteiger charge is 2.38. The topological polar surface area (TPSA) is 119 Å². The predicted octanol–water partition coefficient (Wildman–Crippen LogP) is 4.86. The van der Waals surface area contributed by atoms with Crippen LogP contribution >= 0.6 is 11.6 Å². The fourth-order valence-corrected chi connectivity index (χ4v) is 4.74. The van der Waals surface area contributed by atoms with Crippen molar-refractivity contribution in [2.45, 2.75) is 25.4 Å². The third-order valence-corrected chi connectivity index (χ3v) is 6.96. The Bertz CT molecular complexity index is 1180. The molecule has 0 radical (unpaired) electrons. The number of amides is 1. The summed E-state index contributed by atoms with van der Waals surface area (Å²) in [7, 11) is 0. The van der Waals surface area contributed by atoms with E-state index in [1.165, 1.54) is 12.5 Å². The van der Waals surface area contributed by atoms with Gasteiger partial charge < -0.3 is 25.2 Å². The second kappa shape index (κ2) is 14.3. The highest BCUT2D eigenvalue weighted by Crippen LogP contribution is 2.30. The number of hydrogen-bond donors (Lipinski definition) is 3. The van der Waals surface area contributed by atoms with E-state index < -0.39 is 18.1 Å². The van der Waals surface area contributed by atoms with E-state index in [1.54, 1.807) is 36.4 Å². The Hall–Kier alpha value is -3.35. The van der Waals surface area contributed by atoms with Gasteiger partial charge in [0.15, 0.2) is 0 Å². The third-order valence-electron chi connectivity index (χ3n) is 6.73. The van der Waals surface area contributed by atoms with Crippen LogP contribution in [0, 0.1) is 5.92 Å². The summed E-state index contributed by atoms with van der Waals surface area (Å²) in [5.74, 6) is -3.43. The average molecular weight is 586 g/mol. The molecule has 0 unspecified atom stereocenters. The van der Waals surface area contributed by atoms with Crippen LogP contribution in [0.4, 0.5) is 24.5 Å². The molecule has 0 atom stereocenters. The lowest BCUT2D eigenvalue weighted by atomic mass is 9.92. The number of nitrogens with one attached hydrogen (secondary N) is 1. The molecule has 2 aliphatic rings. The first-order chi connectivity index (χ1) is 18.9. The monoisotopic (exact) mass is 585 g/mol. The van der Waals surface area contributed by atoms with Gasteiger partial charge in [-0.05, 0) is 68.1 Å². The maximum atomic E-state index is 12.5. The number of piperidine rings is 1. The lowest BCUT2D eigenvalue weighted by molar-refractivity contribution is -0.192. The van der Waals surface area contributed by atoms with Crippen LogP contribution in [0.25, 0.3) is 0 Å². The molecule has 2 saturated heterocycles. The van der Waals surface area contributed by atoms with Crippen LogP contribution < -0.4 is 10.2 Å². The summed E-state index contributed by atoms with van der Waals surface area (Å²) in [6.07, 6.45) is -1.80. The van der Waals surface area contributed by atoms with Crippen molar-refractivity contribution in [3.05, 3.63) is 58.6 Å². The molecule has 13 heteroatoms. The largest absolute Gasteiger partial charge is 0.490 e. The van der Waals surface area contributed by atoms with Gasteiger partial charge in [0.2, 0.25) is 0 Å². The molecule has 0 aliphatic carbocycles. The van der Waals surface area contributed by atoms with Gasteiger partial charge in [0, 0.05) is 42.5 Å². The summed E-state index contributed by atoms with van der Waals surface area (Å²) in [5.41, 5.74) is 1.77. The van der Waals surface area contributed by atoms with Crippen LogP contribution in [0.15, 0.2) is 42.5 Å². The van der Waals surface area contributed by atoms with E-state index in [-0.39, 0.29) is 11.5 Å². The van der Waals surface area contributed by atoms with Crippen LogP contribution in [-0.2, 0) is 9.53 Å². The fraction of sp³-hybridized carbons (Fsp3) is 0.444. The van der Waals surface area contributed by atoms with Gasteiger partial charge >= 0.3 is 18.1 Å². The van der Waals surface area contributed by atoms with Gasteiger partial charge in [-0.25, -0.2) is 9.59 Å². The van der Waals surface area contributed by atoms with Crippen LogP contribution in [0.3, 0.4) is 0 Å². The minimum atomic E-state index is -5.08. The third kappa shape index (κ3) is 9.39. The van der Waals surface area contributed by atoms with Crippen molar-refractivity contribution in [1.29, 1.82) is 0 Å². The molecule has 1 amide bonds. The van der Waals surface area contributed by atoms with Crippen molar-refractivity contribution in [3.8, 4) is 0 Å². The number of rotatable bonds is 7. The summed E-state index contributed by atoms with van der Waals surface area (Å²) >= 11 is 5.96. The minimum absolute atomic E-state index is 0.200. The molecule has 0 aromatic heterocycles. The minimum Gasteiger partial charge on any atom is -0.478 e. The van der Waals surface area contributed by atoms with Gasteiger partial charge in [-0.1, -0.05) is 17.7 Å². The van der Waals surface area contributed by atoms with E-state index in [0.29, 0.717) is 27.9 Å². The summed E-state index contributed by atoms with van der Waals surface area (Å²) in [5, 5.41) is 20.2. The van der Waals surface area contributed by atoms with Crippen molar-refractivity contribution in [2.75, 3.05) is 56.2 Å². The maximum absolute atomic E-state index is 12.5. The zero-order valence-corrected chi connectivity index (χ0v) is 22.4. The van der Waals surface area contributed by atoms with Gasteiger partial charge in [0.25, 0.3) is 5.91 Å². The van der Waals surface area contributed by atoms with E-state index in [2.05, 4.69) is 15.1 Å². The molecule has 4 rings (SSSR count). The Balaban J connectivity index is 0.000000559. The van der Waals surface area contributed by atoms with Crippen molar-refractivity contribution in [1.82, 2.24) is 4.90 Å². The summed E-state index contributed by atoms with van der Waals surface area (Å²) in [6, 6.07) is 11.7. The number of aliphatic carboxylic acids is 1. The first-order valence-corrected chi connectivity index (χ1v) is 13.1. The lowest BCUT2D eigenvalue weighted by Gasteiger charge is -2.35. The van der Waals surface area contributed by atoms with E-state index in [9.17, 15) is 27.9 Å². The summed E-state index contributed by atoms with van der Waals surface area (Å²) in [4.78, 5) is 38.0. The van der Waals surface area contributed by atoms with Crippen LogP contribution in [0.5, 0.6) is 0 Å². The van der Waals surface area contributed by atoms with Gasteiger partial charge in [0.1, 0.15) is 0 Å². The molecule has 9 nitrogen and oxygen atoms in total. The number of halogens is 4. The number of alkyl halides is 3. The number of anilines is 2. The van der Waals surface area contributed by atoms with Crippen molar-refractivity contribution in [2.24, 2.45) is 5.92 Å². The lowest BCUT2D eigenvalue weighted by Crippen LogP contribution is -2.39. The molecule has 3 N–H and O–H groups in total. The number of carboxylic acids is 2. The Morgan fingerprint density at radius 2 is 1.65 bits per heavy atom. The number of carbonyl (C=O) groups is 3. The molecule has 2 aromatic rings. The molecule has 2 fully saturated rings. The first-order valence-electron chi connectivity index (χ1n) is 12.7. The molecule has 40 heavy (non-hydrogen) atoms. The Labute approximate surface area is 234 Å². The van der Waals surface area contributed by atoms with E-state index in [1.807, 2.05) is 0 Å². The second-order valence-corrected chi connectivity index (χ2v) is 9.91. The predicted molar refractivity (Wildman–Crippen MR) is 143 cm³/mol. The molecule has 0 spiro atoms. The number of aromatic carboxylic acids is 1. The van der Waals surface area contributed by atoms with Crippen molar-refractivity contribution in [3.63, 3.8) is 0 Å². The molecular weight excluding hydrogens is 555 g/mol. The smallest absolute Gasteiger partial charge is 0.478 e. The highest BCUT2D eigenvalue weighted by atomic mass is 35.5. The van der Waals surface area contributed by atoms with Crippen molar-refractivity contribution >= 4 is 40.8 Å². The standard InChI is InChI=1S/C25H30ClN3O4.C2HF3O2/c26-20-3-1-2-19(16-20)24(30)27-21-4-5-23(22(17-21)25(31)32)29-10-7-18(8-11-29)6-9-28-12-14-33-15-13-28;3-2(4,5)1(6)7/h1-5,16-18H,6-15H2,(H,27,30)(H,31,32);(H,6,7). The molecule has 218 valence electrons. The number of carboxylic acid groups (broad SMARTS) is 2. The molecular formula is C27H31ClF3N3O6. The zero-order chi connectivity index (χ0) is 29.3. The van der Waals surface area contributed by atoms with Crippen molar-refractivity contribution < 1.29 is 42.5 Å². The second-order valence-electron chi connectivity index (χ2n) is 9.48. The molecule has 2 aromatic carbocycles. The van der Waals surface area contributed by atoms with E-state index in [0.717, 1.165) is 58.8 Å². The quantitative estimate of drug-likeness (QED) is 0.421. The Kier molecular flexibility index (Phi) is 11.2. The Morgan fingerprint density at radius 3 is 2.23 bits per heavy atom. The normalized spacial score (nSPS) is 16.6. The van der Waals surface area contributed by atoms with Gasteiger partial charge in [0.05, 0.1) is 24.5 Å². The Morgan fingerprint density at radius 1 is 1.00 bits per heavy atom. The number of hydrogen-bond acceptors (Lipinski definition) is 6. The highest BCUT2D eigenvalue weighted by molar-refractivity contribution is 6.31. The van der Waals surface area contributed by atoms with Gasteiger partial charge in [-0.15, -0.1) is 0 Å². The summed E-state index contributed by atoms with van der Waals surface area (Å²) < 4.78 is 37.2. The van der Waals surface area contributed by atoms with Gasteiger partial charge in [-0.2, -0.15) is 13.2 Å². The maximum Gasteiger partial charge on any atom is 0.490 e. The number of benzene rings is 2. The zero-order valence-electron chi connectivity index (χ0n) is 21.6. The molecule has 2 heterocycles. The summed E-state index contributed by atoms with van der Waals surface area (Å²) in [6.45, 7) is 6.46. The van der Waals surface area contributed by atoms with Crippen LogP contribution in [0.2, 0.25) is 5.02 Å². The number of nitrogens with zero attached hydrogens (tertiary/aromatic N) is 2. The number of ether oxygens (including phenoxy) is 1. The van der Waals surface area contributed by atoms with Crippen LogP contribution in [0.1, 0.15) is 40.0 Å². The first kappa shape index (κ1) is 31.2. The van der Waals surface area contributed by atoms with E-state index in [4.69, 9.17) is 26.2 Å². The number of morpholine rings is 1. The SMILES string of the molecule is O=C(Nc1ccc(N2CCC(CCN3CCOCC3)CC2)c(C(=O)O)c1)c1cccc(Cl)c1.O=C(O)C(F)(F)F. The van der Waals surface area contributed by atoms with E-state index >= 15 is 0 Å². The van der Waals surface area contributed by atoms with Gasteiger partial charge in [-0.3, -0.25) is 9.69 Å². The fourth-order valence-electron chi connectivity index (χ4n) is 4.55.